The number of hydrogen-bond acceptors (Lipinski definition) is 3. The normalized spacial score (nSPS) is 19.5. The first-order valence-corrected chi connectivity index (χ1v) is 4.63. The molecule has 2 amide bonds. The fourth-order valence-electron chi connectivity index (χ4n) is 0.792. The lowest BCUT2D eigenvalue weighted by Gasteiger charge is -2.08. The molecule has 6 heteroatoms. The molecule has 14 heavy (non-hydrogen) atoms. The second-order valence-electron chi connectivity index (χ2n) is 2.59. The van der Waals surface area contributed by atoms with E-state index in [2.05, 4.69) is 38.1 Å². The molecule has 1 heterocycles. The van der Waals surface area contributed by atoms with Crippen LogP contribution < -0.4 is 5.32 Å². The number of halogens is 1. The second-order valence-corrected chi connectivity index (χ2v) is 3.71. The predicted molar refractivity (Wildman–Crippen MR) is 53.9 cm³/mol. The number of rotatable bonds is 3. The molecular weight excluding hydrogens is 250 g/mol. The average molecular weight is 258 g/mol. The van der Waals surface area contributed by atoms with E-state index in [4.69, 9.17) is 0 Å². The van der Waals surface area contributed by atoms with Crippen LogP contribution in [0, 0.1) is 0 Å². The third-order valence-electron chi connectivity index (χ3n) is 1.42. The van der Waals surface area contributed by atoms with Crippen LogP contribution in [0.4, 0.5) is 0 Å². The van der Waals surface area contributed by atoms with E-state index in [0.29, 0.717) is 11.0 Å². The number of amides is 2. The summed E-state index contributed by atoms with van der Waals surface area (Å²) in [6, 6.07) is -0.709. The fraction of sp³-hybridized carbons (Fsp3) is 0.250. The molecule has 5 nitrogen and oxygen atoms in total. The Morgan fingerprint density at radius 1 is 1.71 bits per heavy atom. The first-order valence-electron chi connectivity index (χ1n) is 3.83. The number of carbonyl (C=O) groups excluding carboxylic acids is 2. The van der Waals surface area contributed by atoms with Crippen LogP contribution in [0.2, 0.25) is 0 Å². The van der Waals surface area contributed by atoms with E-state index in [1.165, 1.54) is 12.2 Å². The van der Waals surface area contributed by atoms with Gasteiger partial charge in [-0.3, -0.25) is 9.59 Å². The average Bonchev–Trinajstić information content (AvgIpc) is 2.15. The molecule has 0 fully saturated rings. The summed E-state index contributed by atoms with van der Waals surface area (Å²) in [5.41, 5.74) is 0. The zero-order valence-corrected chi connectivity index (χ0v) is 8.82. The largest absolute Gasteiger partial charge is 0.349 e. The molecule has 74 valence electrons. The highest BCUT2D eigenvalue weighted by Gasteiger charge is 2.17. The summed E-state index contributed by atoms with van der Waals surface area (Å²) in [5, 5.41) is 9.35. The number of azo groups is 1. The maximum Gasteiger partial charge on any atom is 0.287 e. The molecule has 0 spiro atoms. The maximum atomic E-state index is 11.3. The number of hydrogen-bond donors (Lipinski definition) is 1. The number of nitrogens with zero attached hydrogens (tertiary/aromatic N) is 2. The van der Waals surface area contributed by atoms with Gasteiger partial charge < -0.3 is 5.32 Å². The van der Waals surface area contributed by atoms with Crippen LogP contribution in [-0.4, -0.2) is 24.4 Å². The van der Waals surface area contributed by atoms with Gasteiger partial charge in [0.05, 0.1) is 0 Å². The van der Waals surface area contributed by atoms with Crippen molar-refractivity contribution in [3.05, 3.63) is 23.2 Å². The molecule has 0 saturated carbocycles. The van der Waals surface area contributed by atoms with E-state index in [1.54, 1.807) is 0 Å². The Labute approximate surface area is 89.1 Å². The van der Waals surface area contributed by atoms with Gasteiger partial charge in [0.25, 0.3) is 11.8 Å². The van der Waals surface area contributed by atoms with Crippen molar-refractivity contribution in [2.75, 3.05) is 6.54 Å². The minimum atomic E-state index is -0.709. The van der Waals surface area contributed by atoms with Crippen LogP contribution in [-0.2, 0) is 9.59 Å². The van der Waals surface area contributed by atoms with Gasteiger partial charge in [0.15, 0.2) is 6.04 Å². The van der Waals surface area contributed by atoms with Crippen LogP contribution in [0.25, 0.3) is 0 Å². The van der Waals surface area contributed by atoms with Crippen LogP contribution in [0.1, 0.15) is 0 Å². The van der Waals surface area contributed by atoms with Gasteiger partial charge in [-0.15, -0.1) is 5.11 Å². The number of nitrogens with one attached hydrogen (secondary N) is 1. The molecule has 0 bridgehead atoms. The molecule has 0 radical (unpaired) electrons. The summed E-state index contributed by atoms with van der Waals surface area (Å²) in [5.74, 6) is -0.753. The lowest BCUT2D eigenvalue weighted by Crippen LogP contribution is -2.33. The van der Waals surface area contributed by atoms with Crippen molar-refractivity contribution in [1.29, 1.82) is 0 Å². The highest BCUT2D eigenvalue weighted by atomic mass is 79.9. The zero-order valence-electron chi connectivity index (χ0n) is 7.24. The summed E-state index contributed by atoms with van der Waals surface area (Å²) in [4.78, 5) is 21.9. The zero-order chi connectivity index (χ0) is 10.6. The topological polar surface area (TPSA) is 70.9 Å². The monoisotopic (exact) mass is 257 g/mol. The summed E-state index contributed by atoms with van der Waals surface area (Å²) in [6.45, 7) is 3.89. The molecule has 0 aromatic rings. The number of carbonyl (C=O) groups is 2. The Hall–Kier alpha value is -1.30. The van der Waals surface area contributed by atoms with Crippen molar-refractivity contribution < 1.29 is 9.59 Å². The van der Waals surface area contributed by atoms with Gasteiger partial charge in [-0.1, -0.05) is 22.5 Å². The van der Waals surface area contributed by atoms with Crippen molar-refractivity contribution >= 4 is 27.7 Å². The molecule has 0 aromatic heterocycles. The molecule has 1 rings (SSSR count). The minimum Gasteiger partial charge on any atom is -0.349 e. The maximum absolute atomic E-state index is 11.3. The highest BCUT2D eigenvalue weighted by molar-refractivity contribution is 9.11. The van der Waals surface area contributed by atoms with Crippen LogP contribution in [0.15, 0.2) is 33.4 Å². The van der Waals surface area contributed by atoms with E-state index in [1.807, 2.05) is 0 Å². The van der Waals surface area contributed by atoms with Crippen molar-refractivity contribution in [2.24, 2.45) is 10.2 Å². The predicted octanol–water partition coefficient (Wildman–Crippen LogP) is 0.928. The third kappa shape index (κ3) is 3.21. The molecule has 1 aliphatic heterocycles. The SMILES string of the molecule is C=C(Br)CNC(=O)C1C=CC(=O)N=N1. The van der Waals surface area contributed by atoms with Gasteiger partial charge in [-0.25, -0.2) is 0 Å². The van der Waals surface area contributed by atoms with E-state index < -0.39 is 11.9 Å². The van der Waals surface area contributed by atoms with E-state index in [9.17, 15) is 9.59 Å². The molecule has 1 unspecified atom stereocenters. The van der Waals surface area contributed by atoms with Gasteiger partial charge in [-0.05, 0) is 6.08 Å². The van der Waals surface area contributed by atoms with Crippen molar-refractivity contribution in [1.82, 2.24) is 5.32 Å². The van der Waals surface area contributed by atoms with Crippen molar-refractivity contribution in [2.45, 2.75) is 6.04 Å². The highest BCUT2D eigenvalue weighted by Crippen LogP contribution is 2.03. The summed E-state index contributed by atoms with van der Waals surface area (Å²) in [7, 11) is 0. The Bertz CT molecular complexity index is 319. The molecule has 0 saturated heterocycles. The molecule has 1 atom stereocenters. The quantitative estimate of drug-likeness (QED) is 0.817. The first-order chi connectivity index (χ1) is 6.59. The minimum absolute atomic E-state index is 0.307. The van der Waals surface area contributed by atoms with E-state index >= 15 is 0 Å². The Balaban J connectivity index is 2.46. The van der Waals surface area contributed by atoms with Gasteiger partial charge in [0.2, 0.25) is 0 Å². The molecule has 1 N–H and O–H groups in total. The van der Waals surface area contributed by atoms with Gasteiger partial charge in [0.1, 0.15) is 0 Å². The van der Waals surface area contributed by atoms with E-state index in [0.717, 1.165) is 0 Å². The molecule has 0 aromatic carbocycles. The van der Waals surface area contributed by atoms with Crippen LogP contribution >= 0.6 is 15.9 Å². The standard InChI is InChI=1S/C8H8BrN3O2/c1-5(9)4-10-8(14)6-2-3-7(13)12-11-6/h2-3,6H,1,4H2,(H,10,14). The Morgan fingerprint density at radius 3 is 2.93 bits per heavy atom. The molecular formula is C8H8BrN3O2. The fourth-order valence-corrected chi connectivity index (χ4v) is 0.932. The third-order valence-corrected chi connectivity index (χ3v) is 1.71. The van der Waals surface area contributed by atoms with Crippen LogP contribution in [0.5, 0.6) is 0 Å². The first kappa shape index (κ1) is 10.8. The van der Waals surface area contributed by atoms with Crippen LogP contribution in [0.3, 0.4) is 0 Å². The van der Waals surface area contributed by atoms with Crippen molar-refractivity contribution in [3.63, 3.8) is 0 Å². The smallest absolute Gasteiger partial charge is 0.287 e. The Kier molecular flexibility index (Phi) is 3.70. The lowest BCUT2D eigenvalue weighted by atomic mass is 10.2. The van der Waals surface area contributed by atoms with Gasteiger partial charge in [-0.2, -0.15) is 5.11 Å². The van der Waals surface area contributed by atoms with E-state index in [-0.39, 0.29) is 5.91 Å². The second kappa shape index (κ2) is 4.80. The van der Waals surface area contributed by atoms with Gasteiger partial charge in [0, 0.05) is 17.1 Å². The summed E-state index contributed by atoms with van der Waals surface area (Å²) in [6.07, 6.45) is 2.63. The molecule has 0 aliphatic carbocycles. The molecule has 1 aliphatic rings. The Morgan fingerprint density at radius 2 is 2.43 bits per heavy atom. The van der Waals surface area contributed by atoms with Gasteiger partial charge >= 0.3 is 0 Å². The summed E-state index contributed by atoms with van der Waals surface area (Å²) < 4.78 is 0.665. The lowest BCUT2D eigenvalue weighted by molar-refractivity contribution is -0.121. The van der Waals surface area contributed by atoms with Crippen molar-refractivity contribution in [3.8, 4) is 0 Å². The summed E-state index contributed by atoms with van der Waals surface area (Å²) >= 11 is 3.10.